The first-order valence-corrected chi connectivity index (χ1v) is 6.14. The molecule has 0 bridgehead atoms. The molecule has 1 aromatic carbocycles. The number of halogens is 2. The molecule has 0 saturated heterocycles. The lowest BCUT2D eigenvalue weighted by Crippen LogP contribution is -2.36. The second-order valence-corrected chi connectivity index (χ2v) is 4.61. The van der Waals surface area contributed by atoms with E-state index in [1.54, 1.807) is 0 Å². The monoisotopic (exact) mass is 297 g/mol. The number of nitrogens with one attached hydrogen (secondary N) is 1. The number of ether oxygens (including phenoxy) is 1. The van der Waals surface area contributed by atoms with Crippen LogP contribution in [-0.4, -0.2) is 30.7 Å². The van der Waals surface area contributed by atoms with Crippen molar-refractivity contribution in [3.8, 4) is 0 Å². The molecule has 0 aromatic heterocycles. The lowest BCUT2D eigenvalue weighted by molar-refractivity contribution is -0.133. The minimum atomic E-state index is -1.24. The third kappa shape index (κ3) is 3.08. The minimum absolute atomic E-state index is 0.0811. The van der Waals surface area contributed by atoms with Crippen molar-refractivity contribution >= 4 is 11.9 Å². The van der Waals surface area contributed by atoms with E-state index in [4.69, 9.17) is 4.74 Å². The highest BCUT2D eigenvalue weighted by Gasteiger charge is 2.33. The van der Waals surface area contributed by atoms with Crippen LogP contribution in [0, 0.1) is 11.6 Å². The van der Waals surface area contributed by atoms with Crippen molar-refractivity contribution in [1.82, 2.24) is 5.32 Å². The fourth-order valence-electron chi connectivity index (χ4n) is 2.33. The van der Waals surface area contributed by atoms with Crippen molar-refractivity contribution in [2.45, 2.75) is 12.3 Å². The number of aliphatic carboxylic acids is 1. The molecule has 0 saturated carbocycles. The van der Waals surface area contributed by atoms with Crippen molar-refractivity contribution in [2.75, 3.05) is 13.7 Å². The van der Waals surface area contributed by atoms with Gasteiger partial charge in [-0.1, -0.05) is 6.07 Å². The van der Waals surface area contributed by atoms with Gasteiger partial charge in [-0.15, -0.1) is 0 Å². The Labute approximate surface area is 119 Å². The highest BCUT2D eigenvalue weighted by Crippen LogP contribution is 2.33. The Morgan fingerprint density at radius 1 is 1.43 bits per heavy atom. The van der Waals surface area contributed by atoms with E-state index in [2.05, 4.69) is 5.32 Å². The van der Waals surface area contributed by atoms with Crippen molar-refractivity contribution in [2.24, 2.45) is 0 Å². The topological polar surface area (TPSA) is 75.6 Å². The van der Waals surface area contributed by atoms with E-state index in [0.29, 0.717) is 0 Å². The number of benzene rings is 1. The summed E-state index contributed by atoms with van der Waals surface area (Å²) in [7, 11) is 1.36. The molecule has 5 nitrogen and oxygen atoms in total. The van der Waals surface area contributed by atoms with E-state index in [9.17, 15) is 23.5 Å². The Balaban J connectivity index is 2.52. The number of carboxylic acids is 1. The molecular formula is C14H13F2NO4. The van der Waals surface area contributed by atoms with Crippen LogP contribution < -0.4 is 5.32 Å². The maximum Gasteiger partial charge on any atom is 0.334 e. The molecule has 2 rings (SSSR count). The predicted octanol–water partition coefficient (Wildman–Crippen LogP) is 1.55. The van der Waals surface area contributed by atoms with E-state index >= 15 is 0 Å². The third-order valence-electron chi connectivity index (χ3n) is 3.22. The van der Waals surface area contributed by atoms with Crippen LogP contribution in [0.25, 0.3) is 0 Å². The smallest absolute Gasteiger partial charge is 0.334 e. The summed E-state index contributed by atoms with van der Waals surface area (Å²) in [5.41, 5.74) is 0.271. The molecule has 1 unspecified atom stereocenters. The molecule has 1 amide bonds. The lowest BCUT2D eigenvalue weighted by Gasteiger charge is -2.26. The molecule has 21 heavy (non-hydrogen) atoms. The van der Waals surface area contributed by atoms with Gasteiger partial charge >= 0.3 is 5.97 Å². The number of rotatable bonds is 4. The Morgan fingerprint density at radius 2 is 2.14 bits per heavy atom. The van der Waals surface area contributed by atoms with Crippen molar-refractivity contribution in [3.05, 3.63) is 46.7 Å². The highest BCUT2D eigenvalue weighted by atomic mass is 19.2. The number of amides is 1. The summed E-state index contributed by atoms with van der Waals surface area (Å²) in [5.74, 6) is -4.61. The number of carbonyl (C=O) groups is 2. The fraction of sp³-hybridized carbons (Fsp3) is 0.286. The van der Waals surface area contributed by atoms with Crippen LogP contribution in [-0.2, 0) is 14.3 Å². The van der Waals surface area contributed by atoms with Gasteiger partial charge in [0, 0.05) is 19.4 Å². The molecule has 1 aromatic rings. The Morgan fingerprint density at radius 3 is 2.71 bits per heavy atom. The molecule has 1 aliphatic heterocycles. The van der Waals surface area contributed by atoms with Crippen molar-refractivity contribution in [3.63, 3.8) is 0 Å². The summed E-state index contributed by atoms with van der Waals surface area (Å²) in [6, 6.07) is 3.09. The van der Waals surface area contributed by atoms with Crippen molar-refractivity contribution in [1.29, 1.82) is 0 Å². The Hall–Kier alpha value is -2.28. The summed E-state index contributed by atoms with van der Waals surface area (Å²) in [6.45, 7) is -0.0897. The van der Waals surface area contributed by atoms with E-state index in [1.807, 2.05) is 0 Å². The zero-order valence-corrected chi connectivity index (χ0v) is 11.2. The predicted molar refractivity (Wildman–Crippen MR) is 68.4 cm³/mol. The normalized spacial score (nSPS) is 18.6. The average molecular weight is 297 g/mol. The summed E-state index contributed by atoms with van der Waals surface area (Å²) < 4.78 is 31.2. The van der Waals surface area contributed by atoms with Gasteiger partial charge < -0.3 is 15.2 Å². The summed E-state index contributed by atoms with van der Waals surface area (Å²) in [6.07, 6.45) is -0.153. The van der Waals surface area contributed by atoms with Gasteiger partial charge in [-0.3, -0.25) is 4.79 Å². The summed E-state index contributed by atoms with van der Waals surface area (Å²) >= 11 is 0. The highest BCUT2D eigenvalue weighted by molar-refractivity contribution is 5.94. The quantitative estimate of drug-likeness (QED) is 0.884. The van der Waals surface area contributed by atoms with E-state index in [-0.39, 0.29) is 29.9 Å². The van der Waals surface area contributed by atoms with Gasteiger partial charge in [-0.2, -0.15) is 0 Å². The van der Waals surface area contributed by atoms with Crippen molar-refractivity contribution < 1.29 is 28.2 Å². The molecule has 1 aliphatic rings. The van der Waals surface area contributed by atoms with Crippen LogP contribution in [0.5, 0.6) is 0 Å². The van der Waals surface area contributed by atoms with Gasteiger partial charge in [0.15, 0.2) is 11.6 Å². The first kappa shape index (κ1) is 15.1. The van der Waals surface area contributed by atoms with E-state index in [0.717, 1.165) is 12.1 Å². The molecule has 0 aliphatic carbocycles. The van der Waals surface area contributed by atoms with Crippen LogP contribution in [0.2, 0.25) is 0 Å². The second kappa shape index (κ2) is 6.01. The molecule has 0 radical (unpaired) electrons. The average Bonchev–Trinajstić information content (AvgIpc) is 2.41. The van der Waals surface area contributed by atoms with Gasteiger partial charge in [0.2, 0.25) is 5.91 Å². The third-order valence-corrected chi connectivity index (χ3v) is 3.22. The molecule has 112 valence electrons. The Bertz CT molecular complexity index is 627. The molecule has 1 heterocycles. The first-order chi connectivity index (χ1) is 9.93. The molecule has 2 N–H and O–H groups in total. The van der Waals surface area contributed by atoms with Gasteiger partial charge in [-0.05, 0) is 17.7 Å². The first-order valence-electron chi connectivity index (χ1n) is 6.14. The number of carbonyl (C=O) groups excluding carboxylic acids is 1. The van der Waals surface area contributed by atoms with Gasteiger partial charge in [-0.25, -0.2) is 13.6 Å². The van der Waals surface area contributed by atoms with Crippen LogP contribution in [0.15, 0.2) is 29.5 Å². The van der Waals surface area contributed by atoms with Crippen LogP contribution in [0.4, 0.5) is 8.78 Å². The van der Waals surface area contributed by atoms with E-state index in [1.165, 1.54) is 13.2 Å². The maximum absolute atomic E-state index is 13.3. The Kier molecular flexibility index (Phi) is 4.32. The standard InChI is InChI=1S/C14H13F2NO4/c1-21-6-11-13(14(19)20)8(5-12(18)17-11)7-2-3-9(15)10(16)4-7/h2-4,8H,5-6H2,1H3,(H,17,18)(H,19,20). The SMILES string of the molecule is COCC1=C(C(=O)O)C(c2ccc(F)c(F)c2)CC(=O)N1. The van der Waals surface area contributed by atoms with E-state index < -0.39 is 29.4 Å². The molecular weight excluding hydrogens is 284 g/mol. The van der Waals surface area contributed by atoms with Gasteiger partial charge in [0.05, 0.1) is 17.9 Å². The van der Waals surface area contributed by atoms with Crippen LogP contribution >= 0.6 is 0 Å². The van der Waals surface area contributed by atoms with Gasteiger partial charge in [0.1, 0.15) is 0 Å². The zero-order chi connectivity index (χ0) is 15.6. The number of carboxylic acid groups (broad SMARTS) is 1. The summed E-state index contributed by atoms with van der Waals surface area (Å²) in [5, 5.41) is 11.8. The molecule has 1 atom stereocenters. The number of hydrogen-bond donors (Lipinski definition) is 2. The maximum atomic E-state index is 13.3. The minimum Gasteiger partial charge on any atom is -0.478 e. The fourth-order valence-corrected chi connectivity index (χ4v) is 2.33. The van der Waals surface area contributed by atoms with Crippen LogP contribution in [0.1, 0.15) is 17.9 Å². The number of hydrogen-bond acceptors (Lipinski definition) is 3. The van der Waals surface area contributed by atoms with Crippen LogP contribution in [0.3, 0.4) is 0 Å². The summed E-state index contributed by atoms with van der Waals surface area (Å²) in [4.78, 5) is 23.1. The van der Waals surface area contributed by atoms with Gasteiger partial charge in [0.25, 0.3) is 0 Å². The molecule has 7 heteroatoms. The largest absolute Gasteiger partial charge is 0.478 e. The zero-order valence-electron chi connectivity index (χ0n) is 11.2. The number of methoxy groups -OCH3 is 1. The lowest BCUT2D eigenvalue weighted by atomic mass is 9.84. The molecule has 0 fully saturated rings. The second-order valence-electron chi connectivity index (χ2n) is 4.61. The molecule has 0 spiro atoms.